The van der Waals surface area contributed by atoms with Gasteiger partial charge in [-0.15, -0.1) is 0 Å². The van der Waals surface area contributed by atoms with Gasteiger partial charge >= 0.3 is 11.6 Å². The number of hydrogen-bond donors (Lipinski definition) is 1. The minimum Gasteiger partial charge on any atom is -0.457 e. The summed E-state index contributed by atoms with van der Waals surface area (Å²) in [5, 5.41) is 3.80. The van der Waals surface area contributed by atoms with Crippen molar-refractivity contribution in [3.8, 4) is 0 Å². The fourth-order valence-corrected chi connectivity index (χ4v) is 3.10. The molecule has 0 radical (unpaired) electrons. The number of anilines is 1. The minimum absolute atomic E-state index is 0.101. The second kappa shape index (κ2) is 8.27. The van der Waals surface area contributed by atoms with E-state index in [1.54, 1.807) is 36.4 Å². The predicted octanol–water partition coefficient (Wildman–Crippen LogP) is 4.32. The molecule has 3 aromatic rings. The Morgan fingerprint density at radius 2 is 1.82 bits per heavy atom. The van der Waals surface area contributed by atoms with Crippen LogP contribution in [0.2, 0.25) is 5.02 Å². The quantitative estimate of drug-likeness (QED) is 0.510. The van der Waals surface area contributed by atoms with E-state index in [-0.39, 0.29) is 12.5 Å². The number of carbonyl (C=O) groups is 2. The lowest BCUT2D eigenvalue weighted by molar-refractivity contribution is -0.114. The van der Waals surface area contributed by atoms with Crippen molar-refractivity contribution in [3.63, 3.8) is 0 Å². The van der Waals surface area contributed by atoms with Gasteiger partial charge in [0.1, 0.15) is 12.2 Å². The molecule has 0 spiro atoms. The van der Waals surface area contributed by atoms with E-state index in [1.165, 1.54) is 13.0 Å². The summed E-state index contributed by atoms with van der Waals surface area (Å²) in [4.78, 5) is 35.2. The van der Waals surface area contributed by atoms with Crippen molar-refractivity contribution < 1.29 is 18.7 Å². The zero-order chi connectivity index (χ0) is 20.3. The Labute approximate surface area is 166 Å². The molecule has 0 aliphatic rings. The predicted molar refractivity (Wildman–Crippen MR) is 107 cm³/mol. The first-order valence-electron chi connectivity index (χ1n) is 8.67. The monoisotopic (exact) mass is 399 g/mol. The van der Waals surface area contributed by atoms with Crippen LogP contribution in [0.15, 0.2) is 51.7 Å². The number of halogens is 1. The molecule has 6 nitrogen and oxygen atoms in total. The van der Waals surface area contributed by atoms with Gasteiger partial charge in [0.05, 0.1) is 5.56 Å². The number of ether oxygens (including phenoxy) is 1. The highest BCUT2D eigenvalue weighted by Gasteiger charge is 2.13. The van der Waals surface area contributed by atoms with E-state index >= 15 is 0 Å². The number of nitrogens with one attached hydrogen (secondary N) is 1. The van der Waals surface area contributed by atoms with Crippen LogP contribution in [-0.2, 0) is 22.6 Å². The summed E-state index contributed by atoms with van der Waals surface area (Å²) in [5.74, 6) is -0.748. The van der Waals surface area contributed by atoms with Crippen molar-refractivity contribution in [1.82, 2.24) is 0 Å². The molecule has 0 aliphatic carbocycles. The molecule has 1 amide bonds. The summed E-state index contributed by atoms with van der Waals surface area (Å²) in [7, 11) is 0. The highest BCUT2D eigenvalue weighted by atomic mass is 35.5. The first kappa shape index (κ1) is 19.6. The smallest absolute Gasteiger partial charge is 0.338 e. The van der Waals surface area contributed by atoms with E-state index in [0.717, 1.165) is 5.56 Å². The number of fused-ring (bicyclic) bond motifs is 1. The Hall–Kier alpha value is -3.12. The van der Waals surface area contributed by atoms with Gasteiger partial charge in [0.25, 0.3) is 0 Å². The third-order valence-electron chi connectivity index (χ3n) is 4.18. The van der Waals surface area contributed by atoms with Crippen LogP contribution in [0.1, 0.15) is 35.3 Å². The third kappa shape index (κ3) is 4.40. The molecule has 0 saturated heterocycles. The van der Waals surface area contributed by atoms with E-state index in [0.29, 0.717) is 39.2 Å². The van der Waals surface area contributed by atoms with Crippen LogP contribution in [0, 0.1) is 0 Å². The lowest BCUT2D eigenvalue weighted by Gasteiger charge is -2.10. The average molecular weight is 400 g/mol. The lowest BCUT2D eigenvalue weighted by atomic mass is 10.1. The van der Waals surface area contributed by atoms with Crippen molar-refractivity contribution in [3.05, 3.63) is 74.6 Å². The van der Waals surface area contributed by atoms with Crippen molar-refractivity contribution in [2.45, 2.75) is 26.9 Å². The fourth-order valence-electron chi connectivity index (χ4n) is 2.80. The molecule has 2 aromatic carbocycles. The van der Waals surface area contributed by atoms with Gasteiger partial charge in [-0.25, -0.2) is 9.59 Å². The van der Waals surface area contributed by atoms with Crippen molar-refractivity contribution in [1.29, 1.82) is 0 Å². The summed E-state index contributed by atoms with van der Waals surface area (Å²) in [6.07, 6.45) is 0.701. The van der Waals surface area contributed by atoms with E-state index in [1.807, 2.05) is 6.92 Å². The fraction of sp³-hybridized carbons (Fsp3) is 0.190. The van der Waals surface area contributed by atoms with Gasteiger partial charge in [-0.05, 0) is 48.4 Å². The minimum atomic E-state index is -0.549. The molecule has 0 saturated carbocycles. The van der Waals surface area contributed by atoms with Crippen molar-refractivity contribution in [2.75, 3.05) is 5.32 Å². The van der Waals surface area contributed by atoms with Crippen LogP contribution in [0.3, 0.4) is 0 Å². The van der Waals surface area contributed by atoms with Gasteiger partial charge in [0.2, 0.25) is 5.91 Å². The zero-order valence-electron chi connectivity index (χ0n) is 15.4. The Morgan fingerprint density at radius 1 is 1.11 bits per heavy atom. The first-order chi connectivity index (χ1) is 13.4. The van der Waals surface area contributed by atoms with Crippen molar-refractivity contribution >= 4 is 40.1 Å². The number of benzene rings is 2. The molecule has 7 heteroatoms. The van der Waals surface area contributed by atoms with Gasteiger partial charge in [-0.1, -0.05) is 18.5 Å². The zero-order valence-corrected chi connectivity index (χ0v) is 16.1. The van der Waals surface area contributed by atoms with Gasteiger partial charge < -0.3 is 14.5 Å². The van der Waals surface area contributed by atoms with Crippen LogP contribution < -0.4 is 10.9 Å². The van der Waals surface area contributed by atoms with Crippen LogP contribution in [0.25, 0.3) is 11.0 Å². The normalized spacial score (nSPS) is 10.7. The average Bonchev–Trinajstić information content (AvgIpc) is 2.66. The molecule has 0 atom stereocenters. The van der Waals surface area contributed by atoms with Gasteiger partial charge in [0.15, 0.2) is 0 Å². The van der Waals surface area contributed by atoms with Gasteiger partial charge in [-0.3, -0.25) is 4.79 Å². The molecule has 3 rings (SSSR count). The summed E-state index contributed by atoms with van der Waals surface area (Å²) in [6.45, 7) is 3.25. The van der Waals surface area contributed by atoms with Gasteiger partial charge in [-0.2, -0.15) is 0 Å². The number of amides is 1. The Morgan fingerprint density at radius 3 is 2.46 bits per heavy atom. The Balaban J connectivity index is 1.81. The molecule has 0 bridgehead atoms. The summed E-state index contributed by atoms with van der Waals surface area (Å²) in [5.41, 5.74) is 2.16. The SMILES string of the molecule is CCc1cc2oc(=O)cc(COC(=O)c3ccc(NC(C)=O)cc3)c2cc1Cl. The Bertz CT molecular complexity index is 1100. The number of aryl methyl sites for hydroxylation is 1. The maximum absolute atomic E-state index is 12.3. The maximum atomic E-state index is 12.3. The number of esters is 1. The summed E-state index contributed by atoms with van der Waals surface area (Å²) < 4.78 is 10.6. The molecule has 1 aromatic heterocycles. The second-order valence-electron chi connectivity index (χ2n) is 6.22. The first-order valence-corrected chi connectivity index (χ1v) is 9.05. The molecule has 28 heavy (non-hydrogen) atoms. The molecular weight excluding hydrogens is 382 g/mol. The van der Waals surface area contributed by atoms with Crippen LogP contribution in [-0.4, -0.2) is 11.9 Å². The lowest BCUT2D eigenvalue weighted by Crippen LogP contribution is -2.09. The second-order valence-corrected chi connectivity index (χ2v) is 6.63. The molecule has 144 valence electrons. The van der Waals surface area contributed by atoms with Crippen molar-refractivity contribution in [2.24, 2.45) is 0 Å². The van der Waals surface area contributed by atoms with Gasteiger partial charge in [0, 0.05) is 34.6 Å². The topological polar surface area (TPSA) is 85.6 Å². The molecule has 0 aliphatic heterocycles. The van der Waals surface area contributed by atoms with Crippen LogP contribution in [0.4, 0.5) is 5.69 Å². The number of rotatable bonds is 5. The standard InChI is InChI=1S/C21H18ClNO5/c1-3-13-8-19-17(10-18(13)22)15(9-20(25)28-19)11-27-21(26)14-4-6-16(7-5-14)23-12(2)24/h4-10H,3,11H2,1-2H3,(H,23,24). The van der Waals surface area contributed by atoms with Crippen LogP contribution in [0.5, 0.6) is 0 Å². The largest absolute Gasteiger partial charge is 0.457 e. The molecule has 0 unspecified atom stereocenters. The van der Waals surface area contributed by atoms with E-state index in [9.17, 15) is 14.4 Å². The van der Waals surface area contributed by atoms with E-state index in [4.69, 9.17) is 20.8 Å². The third-order valence-corrected chi connectivity index (χ3v) is 4.53. The highest BCUT2D eigenvalue weighted by Crippen LogP contribution is 2.26. The number of hydrogen-bond acceptors (Lipinski definition) is 5. The number of carbonyl (C=O) groups excluding carboxylic acids is 2. The summed E-state index contributed by atoms with van der Waals surface area (Å²) >= 11 is 6.27. The van der Waals surface area contributed by atoms with E-state index < -0.39 is 11.6 Å². The molecule has 0 fully saturated rings. The molecular formula is C21H18ClNO5. The molecule has 1 heterocycles. The van der Waals surface area contributed by atoms with Crippen LogP contribution >= 0.6 is 11.6 Å². The Kier molecular flexibility index (Phi) is 5.80. The summed E-state index contributed by atoms with van der Waals surface area (Å²) in [6, 6.07) is 11.0. The maximum Gasteiger partial charge on any atom is 0.338 e. The molecule has 1 N–H and O–H groups in total. The van der Waals surface area contributed by atoms with E-state index in [2.05, 4.69) is 5.32 Å². The highest BCUT2D eigenvalue weighted by molar-refractivity contribution is 6.32.